The van der Waals surface area contributed by atoms with E-state index in [1.807, 2.05) is 20.8 Å². The smallest absolute Gasteiger partial charge is 0.325 e. The topological polar surface area (TPSA) is 138 Å². The summed E-state index contributed by atoms with van der Waals surface area (Å²) in [5.41, 5.74) is 3.76. The fourth-order valence-corrected chi connectivity index (χ4v) is 5.02. The Labute approximate surface area is 242 Å². The lowest BCUT2D eigenvalue weighted by Gasteiger charge is -2.32. The monoisotopic (exact) mass is 568 g/mol. The number of hydroxylamine groups is 1. The Hall–Kier alpha value is -3.12. The highest BCUT2D eigenvalue weighted by molar-refractivity contribution is 5.92. The Morgan fingerprint density at radius 3 is 2.20 bits per heavy atom. The molecular formula is C30H44N6O5. The largest absolute Gasteiger partial charge is 0.461 e. The average Bonchev–Trinajstić information content (AvgIpc) is 3.49. The Kier molecular flexibility index (Phi) is 11.0. The van der Waals surface area contributed by atoms with Gasteiger partial charge in [-0.05, 0) is 70.4 Å². The molecule has 2 aromatic rings. The van der Waals surface area contributed by atoms with Crippen molar-refractivity contribution < 1.29 is 24.3 Å². The second kappa shape index (κ2) is 14.7. The summed E-state index contributed by atoms with van der Waals surface area (Å²) >= 11 is 0. The first-order valence-corrected chi connectivity index (χ1v) is 14.6. The minimum Gasteiger partial charge on any atom is -0.461 e. The van der Waals surface area contributed by atoms with Crippen molar-refractivity contribution in [3.8, 4) is 0 Å². The summed E-state index contributed by atoms with van der Waals surface area (Å²) in [5.74, 6) is -0.273. The van der Waals surface area contributed by atoms with Crippen molar-refractivity contribution in [2.24, 2.45) is 0 Å². The zero-order valence-electron chi connectivity index (χ0n) is 24.4. The predicted molar refractivity (Wildman–Crippen MR) is 154 cm³/mol. The number of piperidine rings is 1. The minimum absolute atomic E-state index is 0.0300. The standard InChI is InChI=1S/C30H44N6O5/c1-30(2,3)40-20-26(28(38)41-25-6-4-5-7-25)32-17-22-10-8-21(9-11-22)16-31-24-12-14-36(15-13-24)29-33-18-23(19-34-29)27(37)35-39/h8-11,18-19,24-26,31-32,39H,4-7,12-17,20H2,1-3H3,(H,35,37)/t26-/m0/s1. The zero-order chi connectivity index (χ0) is 29.2. The van der Waals surface area contributed by atoms with Gasteiger partial charge in [0.05, 0.1) is 17.8 Å². The SMILES string of the molecule is CC(C)(C)OC[C@H](NCc1ccc(CNC2CCN(c3ncc(C(=O)NO)cn3)CC2)cc1)C(=O)OC1CCCC1. The molecule has 1 aromatic carbocycles. The average molecular weight is 569 g/mol. The van der Waals surface area contributed by atoms with Gasteiger partial charge in [-0.25, -0.2) is 15.4 Å². The molecule has 1 aliphatic heterocycles. The number of carbonyl (C=O) groups excluding carboxylic acids is 2. The van der Waals surface area contributed by atoms with Gasteiger partial charge in [0.2, 0.25) is 5.95 Å². The number of benzene rings is 1. The van der Waals surface area contributed by atoms with Crippen LogP contribution in [-0.2, 0) is 27.4 Å². The number of ether oxygens (including phenoxy) is 2. The molecule has 1 amide bonds. The molecule has 0 spiro atoms. The Bertz CT molecular complexity index is 1110. The van der Waals surface area contributed by atoms with E-state index < -0.39 is 11.9 Å². The van der Waals surface area contributed by atoms with E-state index in [-0.39, 0.29) is 29.8 Å². The summed E-state index contributed by atoms with van der Waals surface area (Å²) in [6.45, 7) is 9.18. The van der Waals surface area contributed by atoms with Crippen molar-refractivity contribution in [2.45, 2.75) is 96.2 Å². The van der Waals surface area contributed by atoms with Crippen molar-refractivity contribution in [3.63, 3.8) is 0 Å². The van der Waals surface area contributed by atoms with Gasteiger partial charge in [0.1, 0.15) is 12.1 Å². The molecule has 4 rings (SSSR count). The van der Waals surface area contributed by atoms with E-state index in [1.165, 1.54) is 18.0 Å². The first kappa shape index (κ1) is 30.8. The number of esters is 1. The first-order valence-electron chi connectivity index (χ1n) is 14.6. The van der Waals surface area contributed by atoms with Crippen LogP contribution in [-0.4, -0.2) is 70.5 Å². The van der Waals surface area contributed by atoms with Crippen LogP contribution in [0.3, 0.4) is 0 Å². The second-order valence-corrected chi connectivity index (χ2v) is 11.9. The summed E-state index contributed by atoms with van der Waals surface area (Å²) < 4.78 is 11.7. The molecule has 1 atom stereocenters. The third-order valence-corrected chi connectivity index (χ3v) is 7.50. The lowest BCUT2D eigenvalue weighted by Crippen LogP contribution is -2.44. The zero-order valence-corrected chi connectivity index (χ0v) is 24.4. The van der Waals surface area contributed by atoms with Gasteiger partial charge in [0.25, 0.3) is 5.91 Å². The Balaban J connectivity index is 1.20. The van der Waals surface area contributed by atoms with Crippen LogP contribution in [0.1, 0.15) is 80.8 Å². The number of hydrogen-bond donors (Lipinski definition) is 4. The van der Waals surface area contributed by atoms with E-state index in [2.05, 4.69) is 49.8 Å². The van der Waals surface area contributed by atoms with Crippen LogP contribution in [0.4, 0.5) is 5.95 Å². The number of aromatic nitrogens is 2. The number of hydrogen-bond acceptors (Lipinski definition) is 10. The summed E-state index contributed by atoms with van der Waals surface area (Å²) in [4.78, 5) is 35.0. The molecule has 4 N–H and O–H groups in total. The Morgan fingerprint density at radius 1 is 1.00 bits per heavy atom. The van der Waals surface area contributed by atoms with E-state index in [0.29, 0.717) is 18.5 Å². The highest BCUT2D eigenvalue weighted by Crippen LogP contribution is 2.22. The van der Waals surface area contributed by atoms with Crippen molar-refractivity contribution in [3.05, 3.63) is 53.3 Å². The van der Waals surface area contributed by atoms with Gasteiger partial charge in [-0.3, -0.25) is 20.1 Å². The molecule has 11 nitrogen and oxygen atoms in total. The third-order valence-electron chi connectivity index (χ3n) is 7.50. The lowest BCUT2D eigenvalue weighted by molar-refractivity contribution is -0.154. The summed E-state index contributed by atoms with van der Waals surface area (Å²) in [7, 11) is 0. The number of rotatable bonds is 12. The molecule has 0 bridgehead atoms. The number of amides is 1. The molecule has 41 heavy (non-hydrogen) atoms. The van der Waals surface area contributed by atoms with E-state index in [1.54, 1.807) is 5.48 Å². The van der Waals surface area contributed by atoms with Gasteiger partial charge in [0, 0.05) is 44.6 Å². The molecule has 11 heteroatoms. The van der Waals surface area contributed by atoms with Crippen LogP contribution in [0.15, 0.2) is 36.7 Å². The van der Waals surface area contributed by atoms with Crippen molar-refractivity contribution in [2.75, 3.05) is 24.6 Å². The van der Waals surface area contributed by atoms with Crippen molar-refractivity contribution in [1.82, 2.24) is 26.1 Å². The maximum atomic E-state index is 12.9. The molecule has 1 aromatic heterocycles. The molecule has 2 heterocycles. The third kappa shape index (κ3) is 9.74. The van der Waals surface area contributed by atoms with E-state index in [0.717, 1.165) is 63.7 Å². The van der Waals surface area contributed by atoms with E-state index in [4.69, 9.17) is 14.7 Å². The number of nitrogens with zero attached hydrogens (tertiary/aromatic N) is 3. The summed E-state index contributed by atoms with van der Waals surface area (Å²) in [6, 6.07) is 8.30. The molecule has 224 valence electrons. The number of anilines is 1. The fraction of sp³-hybridized carbons (Fsp3) is 0.600. The van der Waals surface area contributed by atoms with Gasteiger partial charge in [0.15, 0.2) is 0 Å². The molecule has 2 fully saturated rings. The van der Waals surface area contributed by atoms with Crippen LogP contribution < -0.4 is 21.0 Å². The van der Waals surface area contributed by atoms with Gasteiger partial charge >= 0.3 is 5.97 Å². The quantitative estimate of drug-likeness (QED) is 0.172. The van der Waals surface area contributed by atoms with Crippen LogP contribution in [0.5, 0.6) is 0 Å². The van der Waals surface area contributed by atoms with E-state index >= 15 is 0 Å². The maximum absolute atomic E-state index is 12.9. The maximum Gasteiger partial charge on any atom is 0.325 e. The van der Waals surface area contributed by atoms with Gasteiger partial charge in [-0.2, -0.15) is 0 Å². The highest BCUT2D eigenvalue weighted by Gasteiger charge is 2.27. The second-order valence-electron chi connectivity index (χ2n) is 11.9. The van der Waals surface area contributed by atoms with Crippen molar-refractivity contribution in [1.29, 1.82) is 0 Å². The minimum atomic E-state index is -0.627. The number of nitrogens with one attached hydrogen (secondary N) is 3. The molecule has 0 unspecified atom stereocenters. The van der Waals surface area contributed by atoms with Crippen LogP contribution in [0.25, 0.3) is 0 Å². The van der Waals surface area contributed by atoms with Gasteiger partial charge < -0.3 is 19.7 Å². The predicted octanol–water partition coefficient (Wildman–Crippen LogP) is 3.11. The highest BCUT2D eigenvalue weighted by atomic mass is 16.6. The molecular weight excluding hydrogens is 524 g/mol. The molecule has 2 aliphatic rings. The van der Waals surface area contributed by atoms with Crippen LogP contribution >= 0.6 is 0 Å². The molecule has 1 saturated carbocycles. The van der Waals surface area contributed by atoms with Gasteiger partial charge in [-0.15, -0.1) is 0 Å². The summed E-state index contributed by atoms with van der Waals surface area (Å²) in [5, 5.41) is 15.7. The Morgan fingerprint density at radius 2 is 1.61 bits per heavy atom. The number of carbonyl (C=O) groups is 2. The van der Waals surface area contributed by atoms with Crippen LogP contribution in [0.2, 0.25) is 0 Å². The summed E-state index contributed by atoms with van der Waals surface area (Å²) in [6.07, 6.45) is 8.91. The van der Waals surface area contributed by atoms with Crippen molar-refractivity contribution >= 4 is 17.8 Å². The van der Waals surface area contributed by atoms with Crippen LogP contribution in [0, 0.1) is 0 Å². The van der Waals surface area contributed by atoms with E-state index in [9.17, 15) is 9.59 Å². The fourth-order valence-electron chi connectivity index (χ4n) is 5.02. The first-order chi connectivity index (χ1) is 19.7. The molecule has 1 aliphatic carbocycles. The van der Waals surface area contributed by atoms with Gasteiger partial charge in [-0.1, -0.05) is 24.3 Å². The molecule has 1 saturated heterocycles. The molecule has 0 radical (unpaired) electrons. The normalized spacial score (nSPS) is 17.4. The lowest BCUT2D eigenvalue weighted by atomic mass is 10.0.